The van der Waals surface area contributed by atoms with Crippen LogP contribution in [-0.4, -0.2) is 7.05 Å². The monoisotopic (exact) mass is 237 g/mol. The number of nitrogens with one attached hydrogen (secondary N) is 1. The van der Waals surface area contributed by atoms with Crippen molar-refractivity contribution in [3.8, 4) is 0 Å². The zero-order valence-corrected chi connectivity index (χ0v) is 11.2. The smallest absolute Gasteiger partial charge is 0.123 e. The summed E-state index contributed by atoms with van der Waals surface area (Å²) in [7, 11) is 1.95. The quantitative estimate of drug-likeness (QED) is 0.695. The summed E-state index contributed by atoms with van der Waals surface area (Å²) in [6.45, 7) is 4.26. The summed E-state index contributed by atoms with van der Waals surface area (Å²) in [5.74, 6) is -0.139. The van der Waals surface area contributed by atoms with Crippen molar-refractivity contribution in [2.24, 2.45) is 0 Å². The molecule has 0 heterocycles. The Bertz CT molecular complexity index is 336. The molecule has 1 aromatic rings. The van der Waals surface area contributed by atoms with Gasteiger partial charge in [0.1, 0.15) is 5.82 Å². The van der Waals surface area contributed by atoms with Crippen LogP contribution in [0.15, 0.2) is 18.2 Å². The van der Waals surface area contributed by atoms with Gasteiger partial charge < -0.3 is 5.32 Å². The molecule has 1 N–H and O–H groups in total. The Morgan fingerprint density at radius 1 is 1.24 bits per heavy atom. The van der Waals surface area contributed by atoms with Crippen LogP contribution < -0.4 is 5.32 Å². The number of halogens is 1. The first kappa shape index (κ1) is 14.2. The second-order valence-electron chi connectivity index (χ2n) is 4.69. The molecule has 0 amide bonds. The molecule has 0 spiro atoms. The van der Waals surface area contributed by atoms with E-state index < -0.39 is 0 Å². The van der Waals surface area contributed by atoms with Crippen LogP contribution in [0, 0.1) is 12.7 Å². The maximum Gasteiger partial charge on any atom is 0.123 e. The van der Waals surface area contributed by atoms with Gasteiger partial charge >= 0.3 is 0 Å². The minimum absolute atomic E-state index is 0.139. The summed E-state index contributed by atoms with van der Waals surface area (Å²) < 4.78 is 13.3. The van der Waals surface area contributed by atoms with Gasteiger partial charge in [0.15, 0.2) is 0 Å². The average Bonchev–Trinajstić information content (AvgIpc) is 2.33. The van der Waals surface area contributed by atoms with E-state index in [2.05, 4.69) is 12.2 Å². The van der Waals surface area contributed by atoms with E-state index in [1.807, 2.05) is 20.0 Å². The van der Waals surface area contributed by atoms with Crippen LogP contribution in [0.4, 0.5) is 4.39 Å². The molecule has 0 aliphatic heterocycles. The van der Waals surface area contributed by atoms with Gasteiger partial charge in [0.2, 0.25) is 0 Å². The highest BCUT2D eigenvalue weighted by Gasteiger charge is 2.12. The fraction of sp³-hybridized carbons (Fsp3) is 0.600. The SMILES string of the molecule is CCCCCCC(NC)c1cc(F)ccc1C. The van der Waals surface area contributed by atoms with Crippen molar-refractivity contribution in [1.29, 1.82) is 0 Å². The standard InChI is InChI=1S/C15H24FN/c1-4-5-6-7-8-15(17-3)14-11-13(16)10-9-12(14)2/h9-11,15,17H,4-8H2,1-3H3. The Balaban J connectivity index is 2.62. The van der Waals surface area contributed by atoms with Gasteiger partial charge in [-0.05, 0) is 43.7 Å². The first-order valence-electron chi connectivity index (χ1n) is 6.62. The molecule has 2 heteroatoms. The third-order valence-corrected chi connectivity index (χ3v) is 3.31. The van der Waals surface area contributed by atoms with E-state index in [-0.39, 0.29) is 11.9 Å². The van der Waals surface area contributed by atoms with Gasteiger partial charge in [-0.25, -0.2) is 4.39 Å². The van der Waals surface area contributed by atoms with Gasteiger partial charge in [-0.2, -0.15) is 0 Å². The highest BCUT2D eigenvalue weighted by molar-refractivity contribution is 5.29. The first-order valence-corrected chi connectivity index (χ1v) is 6.62. The van der Waals surface area contributed by atoms with Crippen molar-refractivity contribution in [3.63, 3.8) is 0 Å². The fourth-order valence-corrected chi connectivity index (χ4v) is 2.22. The molecule has 1 aromatic carbocycles. The lowest BCUT2D eigenvalue weighted by Gasteiger charge is -2.19. The number of rotatable bonds is 7. The number of aryl methyl sites for hydroxylation is 1. The molecule has 0 saturated carbocycles. The van der Waals surface area contributed by atoms with Crippen molar-refractivity contribution >= 4 is 0 Å². The van der Waals surface area contributed by atoms with Crippen molar-refractivity contribution in [2.75, 3.05) is 7.05 Å². The summed E-state index contributed by atoms with van der Waals surface area (Å²) in [5.41, 5.74) is 2.27. The number of benzene rings is 1. The van der Waals surface area contributed by atoms with Gasteiger partial charge in [-0.15, -0.1) is 0 Å². The van der Waals surface area contributed by atoms with Crippen molar-refractivity contribution in [1.82, 2.24) is 5.32 Å². The maximum absolute atomic E-state index is 13.3. The molecule has 0 bridgehead atoms. The van der Waals surface area contributed by atoms with Gasteiger partial charge in [0.25, 0.3) is 0 Å². The number of unbranched alkanes of at least 4 members (excludes halogenated alkanes) is 3. The minimum atomic E-state index is -0.139. The van der Waals surface area contributed by atoms with E-state index in [9.17, 15) is 4.39 Å². The van der Waals surface area contributed by atoms with Gasteiger partial charge in [0.05, 0.1) is 0 Å². The molecular formula is C15H24FN. The summed E-state index contributed by atoms with van der Waals surface area (Å²) in [5, 5.41) is 3.30. The lowest BCUT2D eigenvalue weighted by Crippen LogP contribution is -2.17. The van der Waals surface area contributed by atoms with Crippen molar-refractivity contribution in [2.45, 2.75) is 52.0 Å². The average molecular weight is 237 g/mol. The number of hydrogen-bond acceptors (Lipinski definition) is 1. The maximum atomic E-state index is 13.3. The minimum Gasteiger partial charge on any atom is -0.313 e. The molecule has 1 atom stereocenters. The van der Waals surface area contributed by atoms with E-state index in [1.54, 1.807) is 6.07 Å². The molecule has 0 aliphatic carbocycles. The molecule has 1 nitrogen and oxygen atoms in total. The first-order chi connectivity index (χ1) is 8.19. The predicted octanol–water partition coefficient (Wildman–Crippen LogP) is 4.37. The van der Waals surface area contributed by atoms with E-state index in [4.69, 9.17) is 0 Å². The third-order valence-electron chi connectivity index (χ3n) is 3.31. The van der Waals surface area contributed by atoms with E-state index >= 15 is 0 Å². The summed E-state index contributed by atoms with van der Waals surface area (Å²) in [6, 6.07) is 5.34. The molecule has 0 fully saturated rings. The van der Waals surface area contributed by atoms with Crippen molar-refractivity contribution < 1.29 is 4.39 Å². The van der Waals surface area contributed by atoms with Crippen LogP contribution in [-0.2, 0) is 0 Å². The molecule has 17 heavy (non-hydrogen) atoms. The number of hydrogen-bond donors (Lipinski definition) is 1. The largest absolute Gasteiger partial charge is 0.313 e. The van der Waals surface area contributed by atoms with Crippen LogP contribution in [0.1, 0.15) is 56.2 Å². The van der Waals surface area contributed by atoms with Crippen LogP contribution in [0.25, 0.3) is 0 Å². The Labute approximate surface area is 104 Å². The lowest BCUT2D eigenvalue weighted by atomic mass is 9.96. The fourth-order valence-electron chi connectivity index (χ4n) is 2.22. The zero-order valence-electron chi connectivity index (χ0n) is 11.2. The van der Waals surface area contributed by atoms with Gasteiger partial charge in [-0.1, -0.05) is 38.7 Å². The topological polar surface area (TPSA) is 12.0 Å². The van der Waals surface area contributed by atoms with E-state index in [0.717, 1.165) is 12.0 Å². The Morgan fingerprint density at radius 3 is 2.65 bits per heavy atom. The van der Waals surface area contributed by atoms with E-state index in [0.29, 0.717) is 0 Å². The van der Waals surface area contributed by atoms with Crippen LogP contribution in [0.5, 0.6) is 0 Å². The lowest BCUT2D eigenvalue weighted by molar-refractivity contribution is 0.500. The van der Waals surface area contributed by atoms with Crippen LogP contribution in [0.2, 0.25) is 0 Å². The highest BCUT2D eigenvalue weighted by Crippen LogP contribution is 2.23. The molecule has 0 aliphatic rings. The van der Waals surface area contributed by atoms with Crippen molar-refractivity contribution in [3.05, 3.63) is 35.1 Å². The Hall–Kier alpha value is -0.890. The van der Waals surface area contributed by atoms with Gasteiger partial charge in [0, 0.05) is 6.04 Å². The second kappa shape index (κ2) is 7.44. The molecule has 0 saturated heterocycles. The molecule has 0 aromatic heterocycles. The summed E-state index contributed by atoms with van der Waals surface area (Å²) >= 11 is 0. The van der Waals surface area contributed by atoms with Gasteiger partial charge in [-0.3, -0.25) is 0 Å². The molecule has 1 rings (SSSR count). The normalized spacial score (nSPS) is 12.7. The zero-order chi connectivity index (χ0) is 12.7. The second-order valence-corrected chi connectivity index (χ2v) is 4.69. The van der Waals surface area contributed by atoms with Crippen LogP contribution in [0.3, 0.4) is 0 Å². The molecular weight excluding hydrogens is 213 g/mol. The van der Waals surface area contributed by atoms with Crippen LogP contribution >= 0.6 is 0 Å². The molecule has 1 unspecified atom stereocenters. The Kier molecular flexibility index (Phi) is 6.20. The molecule has 0 radical (unpaired) electrons. The Morgan fingerprint density at radius 2 is 2.00 bits per heavy atom. The van der Waals surface area contributed by atoms with E-state index in [1.165, 1.54) is 37.3 Å². The highest BCUT2D eigenvalue weighted by atomic mass is 19.1. The predicted molar refractivity (Wildman–Crippen MR) is 71.7 cm³/mol. The summed E-state index contributed by atoms with van der Waals surface area (Å²) in [4.78, 5) is 0. The molecule has 96 valence electrons. The third kappa shape index (κ3) is 4.47. The summed E-state index contributed by atoms with van der Waals surface area (Å²) in [6.07, 6.45) is 6.10.